The van der Waals surface area contributed by atoms with E-state index in [1.807, 2.05) is 0 Å². The molecule has 2 fully saturated rings. The molecule has 2 heterocycles. The minimum absolute atomic E-state index is 0.516. The Hall–Kier alpha value is -0.120. The van der Waals surface area contributed by atoms with E-state index in [1.165, 1.54) is 19.3 Å². The molecule has 2 rings (SSSR count). The van der Waals surface area contributed by atoms with Gasteiger partial charge in [-0.15, -0.1) is 0 Å². The minimum Gasteiger partial charge on any atom is -0.378 e. The molecule has 0 aliphatic carbocycles. The van der Waals surface area contributed by atoms with Gasteiger partial charge in [0.2, 0.25) is 0 Å². The van der Waals surface area contributed by atoms with E-state index in [4.69, 9.17) is 9.47 Å². The van der Waals surface area contributed by atoms with Gasteiger partial charge in [0, 0.05) is 6.61 Å². The summed E-state index contributed by atoms with van der Waals surface area (Å²) in [5.41, 5.74) is 0. The van der Waals surface area contributed by atoms with Gasteiger partial charge in [0.25, 0.3) is 0 Å². The van der Waals surface area contributed by atoms with Crippen LogP contribution in [0.25, 0.3) is 0 Å². The van der Waals surface area contributed by atoms with Crippen LogP contribution < -0.4 is 5.32 Å². The minimum atomic E-state index is 0.516. The third-order valence-electron chi connectivity index (χ3n) is 2.81. The van der Waals surface area contributed by atoms with Gasteiger partial charge in [-0.05, 0) is 32.2 Å². The maximum absolute atomic E-state index is 5.64. The van der Waals surface area contributed by atoms with Crippen LogP contribution in [0.4, 0.5) is 0 Å². The zero-order valence-corrected chi connectivity index (χ0v) is 8.13. The predicted octanol–water partition coefficient (Wildman–Crippen LogP) is 0.934. The lowest BCUT2D eigenvalue weighted by molar-refractivity contribution is -0.0132. The fraction of sp³-hybridized carbons (Fsp3) is 1.00. The van der Waals surface area contributed by atoms with Crippen molar-refractivity contribution in [3.63, 3.8) is 0 Å². The molecule has 76 valence electrons. The molecule has 2 saturated heterocycles. The second-order valence-corrected chi connectivity index (χ2v) is 3.97. The molecule has 0 saturated carbocycles. The number of nitrogens with one attached hydrogen (secondary N) is 1. The summed E-state index contributed by atoms with van der Waals surface area (Å²) in [6.45, 7) is 3.84. The van der Waals surface area contributed by atoms with Gasteiger partial charge in [-0.2, -0.15) is 0 Å². The van der Waals surface area contributed by atoms with Crippen molar-refractivity contribution in [3.8, 4) is 0 Å². The maximum Gasteiger partial charge on any atom is 0.0643 e. The van der Waals surface area contributed by atoms with Crippen molar-refractivity contribution in [2.45, 2.75) is 37.8 Å². The van der Waals surface area contributed by atoms with E-state index in [0.29, 0.717) is 12.1 Å². The predicted molar refractivity (Wildman–Crippen MR) is 50.8 cm³/mol. The van der Waals surface area contributed by atoms with E-state index >= 15 is 0 Å². The highest BCUT2D eigenvalue weighted by Gasteiger charge is 2.18. The van der Waals surface area contributed by atoms with Gasteiger partial charge in [0.15, 0.2) is 0 Å². The average molecular weight is 185 g/mol. The van der Waals surface area contributed by atoms with Crippen LogP contribution in [0.15, 0.2) is 0 Å². The molecule has 1 N–H and O–H groups in total. The van der Waals surface area contributed by atoms with E-state index < -0.39 is 0 Å². The fourth-order valence-corrected chi connectivity index (χ4v) is 1.84. The SMILES string of the molecule is C1CCC(CCNC2COC2)OC1. The monoisotopic (exact) mass is 185 g/mol. The standard InChI is InChI=1S/C10H19NO2/c1-2-6-13-10(3-1)4-5-11-9-7-12-8-9/h9-11H,1-8H2. The van der Waals surface area contributed by atoms with Crippen LogP contribution in [0, 0.1) is 0 Å². The van der Waals surface area contributed by atoms with Gasteiger partial charge >= 0.3 is 0 Å². The van der Waals surface area contributed by atoms with Crippen LogP contribution in [-0.4, -0.2) is 38.5 Å². The molecule has 1 atom stereocenters. The summed E-state index contributed by atoms with van der Waals surface area (Å²) in [7, 11) is 0. The first kappa shape index (κ1) is 9.44. The molecule has 13 heavy (non-hydrogen) atoms. The Morgan fingerprint density at radius 3 is 2.77 bits per heavy atom. The van der Waals surface area contributed by atoms with Crippen molar-refractivity contribution in [2.75, 3.05) is 26.4 Å². The Kier molecular flexibility index (Phi) is 3.58. The second kappa shape index (κ2) is 4.94. The lowest BCUT2D eigenvalue weighted by Crippen LogP contribution is -2.46. The van der Waals surface area contributed by atoms with Crippen LogP contribution in [0.5, 0.6) is 0 Å². The molecular weight excluding hydrogens is 166 g/mol. The highest BCUT2D eigenvalue weighted by molar-refractivity contribution is 4.74. The maximum atomic E-state index is 5.64. The second-order valence-electron chi connectivity index (χ2n) is 3.97. The topological polar surface area (TPSA) is 30.5 Å². The number of rotatable bonds is 4. The van der Waals surface area contributed by atoms with Crippen molar-refractivity contribution in [1.82, 2.24) is 5.32 Å². The van der Waals surface area contributed by atoms with Gasteiger partial charge in [0.1, 0.15) is 0 Å². The molecule has 3 heteroatoms. The summed E-state index contributed by atoms with van der Waals surface area (Å²) in [5, 5.41) is 3.46. The number of ether oxygens (including phenoxy) is 2. The van der Waals surface area contributed by atoms with Gasteiger partial charge in [-0.1, -0.05) is 0 Å². The summed E-state index contributed by atoms with van der Waals surface area (Å²) in [6.07, 6.45) is 5.53. The van der Waals surface area contributed by atoms with Gasteiger partial charge in [-0.3, -0.25) is 0 Å². The first-order valence-corrected chi connectivity index (χ1v) is 5.38. The van der Waals surface area contributed by atoms with E-state index in [-0.39, 0.29) is 0 Å². The van der Waals surface area contributed by atoms with Crippen LogP contribution in [-0.2, 0) is 9.47 Å². The molecular formula is C10H19NO2. The fourth-order valence-electron chi connectivity index (χ4n) is 1.84. The van der Waals surface area contributed by atoms with Crippen molar-refractivity contribution in [1.29, 1.82) is 0 Å². The van der Waals surface area contributed by atoms with Crippen molar-refractivity contribution < 1.29 is 9.47 Å². The quantitative estimate of drug-likeness (QED) is 0.707. The van der Waals surface area contributed by atoms with Gasteiger partial charge in [0.05, 0.1) is 25.4 Å². The normalized spacial score (nSPS) is 30.0. The van der Waals surface area contributed by atoms with Crippen LogP contribution >= 0.6 is 0 Å². The Bertz CT molecular complexity index is 142. The van der Waals surface area contributed by atoms with Crippen molar-refractivity contribution in [3.05, 3.63) is 0 Å². The Balaban J connectivity index is 1.50. The molecule has 2 aliphatic heterocycles. The molecule has 0 aromatic heterocycles. The molecule has 0 aromatic rings. The van der Waals surface area contributed by atoms with Gasteiger partial charge < -0.3 is 14.8 Å². The molecule has 3 nitrogen and oxygen atoms in total. The van der Waals surface area contributed by atoms with Crippen LogP contribution in [0.1, 0.15) is 25.7 Å². The van der Waals surface area contributed by atoms with Crippen LogP contribution in [0.2, 0.25) is 0 Å². The molecule has 0 radical (unpaired) electrons. The number of hydrogen-bond acceptors (Lipinski definition) is 3. The lowest BCUT2D eigenvalue weighted by Gasteiger charge is -2.28. The number of hydrogen-bond donors (Lipinski definition) is 1. The van der Waals surface area contributed by atoms with E-state index in [1.54, 1.807) is 0 Å². The smallest absolute Gasteiger partial charge is 0.0643 e. The Morgan fingerprint density at radius 2 is 2.15 bits per heavy atom. The van der Waals surface area contributed by atoms with E-state index in [0.717, 1.165) is 32.8 Å². The lowest BCUT2D eigenvalue weighted by atomic mass is 10.1. The molecule has 0 bridgehead atoms. The van der Waals surface area contributed by atoms with Crippen LogP contribution in [0.3, 0.4) is 0 Å². The molecule has 0 spiro atoms. The van der Waals surface area contributed by atoms with E-state index in [9.17, 15) is 0 Å². The molecule has 2 aliphatic rings. The Labute approximate surface area is 79.8 Å². The first-order chi connectivity index (χ1) is 6.45. The summed E-state index contributed by atoms with van der Waals surface area (Å²) in [6, 6.07) is 0.614. The largest absolute Gasteiger partial charge is 0.378 e. The summed E-state index contributed by atoms with van der Waals surface area (Å²) in [5.74, 6) is 0. The summed E-state index contributed by atoms with van der Waals surface area (Å²) in [4.78, 5) is 0. The van der Waals surface area contributed by atoms with Gasteiger partial charge in [-0.25, -0.2) is 0 Å². The highest BCUT2D eigenvalue weighted by Crippen LogP contribution is 2.15. The zero-order valence-electron chi connectivity index (χ0n) is 8.13. The third kappa shape index (κ3) is 2.93. The van der Waals surface area contributed by atoms with Crippen molar-refractivity contribution in [2.24, 2.45) is 0 Å². The molecule has 1 unspecified atom stereocenters. The molecule has 0 aromatic carbocycles. The first-order valence-electron chi connectivity index (χ1n) is 5.38. The Morgan fingerprint density at radius 1 is 1.23 bits per heavy atom. The summed E-state index contributed by atoms with van der Waals surface area (Å²) < 4.78 is 10.7. The van der Waals surface area contributed by atoms with Crippen molar-refractivity contribution >= 4 is 0 Å². The average Bonchev–Trinajstić information content (AvgIpc) is 2.11. The zero-order chi connectivity index (χ0) is 8.93. The summed E-state index contributed by atoms with van der Waals surface area (Å²) >= 11 is 0. The highest BCUT2D eigenvalue weighted by atomic mass is 16.5. The third-order valence-corrected chi connectivity index (χ3v) is 2.81. The molecule has 0 amide bonds. The van der Waals surface area contributed by atoms with E-state index in [2.05, 4.69) is 5.32 Å².